The van der Waals surface area contributed by atoms with Gasteiger partial charge in [0.25, 0.3) is 0 Å². The molecule has 152 valence electrons. The molecule has 0 saturated carbocycles. The molecule has 0 aliphatic carbocycles. The second-order valence-electron chi connectivity index (χ2n) is 5.94. The largest absolute Gasteiger partial charge is 0.497 e. The number of nitrogens with one attached hydrogen (secondary N) is 1. The second-order valence-corrected chi connectivity index (χ2v) is 8.68. The summed E-state index contributed by atoms with van der Waals surface area (Å²) in [7, 11) is -2.48. The first-order valence-electron chi connectivity index (χ1n) is 8.68. The van der Waals surface area contributed by atoms with Gasteiger partial charge < -0.3 is 14.2 Å². The molecule has 1 heterocycles. The summed E-state index contributed by atoms with van der Waals surface area (Å²) >= 11 is 1.33. The van der Waals surface area contributed by atoms with E-state index in [0.717, 1.165) is 0 Å². The van der Waals surface area contributed by atoms with E-state index in [4.69, 9.17) is 8.92 Å². The fourth-order valence-electron chi connectivity index (χ4n) is 2.43. The van der Waals surface area contributed by atoms with Gasteiger partial charge in [0, 0.05) is 0 Å². The third-order valence-electron chi connectivity index (χ3n) is 3.91. The van der Waals surface area contributed by atoms with Crippen LogP contribution in [0.4, 0.5) is 0 Å². The Morgan fingerprint density at radius 2 is 1.93 bits per heavy atom. The summed E-state index contributed by atoms with van der Waals surface area (Å²) in [5.74, 6) is 0.614. The topological polar surface area (TPSA) is 106 Å². The number of thioether (sulfide) groups is 1. The van der Waals surface area contributed by atoms with Crippen molar-refractivity contribution >= 4 is 39.2 Å². The number of carbonyl (C=O) groups is 1. The molecule has 1 unspecified atom stereocenters. The van der Waals surface area contributed by atoms with Gasteiger partial charge in [0.15, 0.2) is 5.17 Å². The fraction of sp³-hybridized carbons (Fsp3) is 0.211. The first-order chi connectivity index (χ1) is 13.9. The van der Waals surface area contributed by atoms with Crippen LogP contribution in [-0.4, -0.2) is 38.1 Å². The van der Waals surface area contributed by atoms with Crippen LogP contribution in [-0.2, 0) is 14.9 Å². The highest BCUT2D eigenvalue weighted by molar-refractivity contribution is 8.15. The monoisotopic (exact) mass is 433 g/mol. The van der Waals surface area contributed by atoms with E-state index in [1.54, 1.807) is 24.3 Å². The molecule has 2 aromatic rings. The number of amidine groups is 1. The minimum absolute atomic E-state index is 0.0169. The Bertz CT molecular complexity index is 1050. The number of carbonyl (C=O) groups excluding carboxylic acids is 1. The molecule has 29 heavy (non-hydrogen) atoms. The van der Waals surface area contributed by atoms with Gasteiger partial charge in [-0.1, -0.05) is 30.8 Å². The predicted molar refractivity (Wildman–Crippen MR) is 112 cm³/mol. The van der Waals surface area contributed by atoms with Gasteiger partial charge in [-0.15, -0.1) is 5.10 Å². The van der Waals surface area contributed by atoms with Crippen molar-refractivity contribution in [3.05, 3.63) is 54.1 Å². The van der Waals surface area contributed by atoms with Crippen molar-refractivity contribution in [2.75, 3.05) is 7.11 Å². The molecule has 1 atom stereocenters. The molecule has 1 N–H and O–H groups in total. The number of amides is 1. The van der Waals surface area contributed by atoms with Crippen molar-refractivity contribution in [2.24, 2.45) is 10.2 Å². The lowest BCUT2D eigenvalue weighted by atomic mass is 10.2. The van der Waals surface area contributed by atoms with E-state index in [1.165, 1.54) is 49.4 Å². The molecule has 1 aliphatic heterocycles. The number of rotatable bonds is 7. The van der Waals surface area contributed by atoms with E-state index in [9.17, 15) is 13.2 Å². The van der Waals surface area contributed by atoms with Crippen molar-refractivity contribution in [3.8, 4) is 11.5 Å². The normalized spacial score (nSPS) is 18.2. The number of hydrogen-bond acceptors (Lipinski definition) is 8. The minimum atomic E-state index is -3.98. The predicted octanol–water partition coefficient (Wildman–Crippen LogP) is 2.79. The zero-order chi connectivity index (χ0) is 20.9. The lowest BCUT2D eigenvalue weighted by Gasteiger charge is -2.08. The molecule has 8 nitrogen and oxygen atoms in total. The molecular formula is C19H19N3O5S2. The molecule has 10 heteroatoms. The summed E-state index contributed by atoms with van der Waals surface area (Å²) in [5.41, 5.74) is 0.596. The van der Waals surface area contributed by atoms with Crippen LogP contribution in [0.15, 0.2) is 63.6 Å². The molecule has 2 aromatic carbocycles. The molecular weight excluding hydrogens is 414 g/mol. The Hall–Kier alpha value is -2.85. The van der Waals surface area contributed by atoms with E-state index in [1.807, 2.05) is 6.92 Å². The van der Waals surface area contributed by atoms with Crippen LogP contribution < -0.4 is 14.2 Å². The van der Waals surface area contributed by atoms with E-state index >= 15 is 0 Å². The molecule has 1 saturated heterocycles. The maximum atomic E-state index is 12.4. The summed E-state index contributed by atoms with van der Waals surface area (Å²) in [6.07, 6.45) is 2.16. The van der Waals surface area contributed by atoms with E-state index < -0.39 is 10.1 Å². The Balaban J connectivity index is 1.70. The van der Waals surface area contributed by atoms with Crippen LogP contribution >= 0.6 is 11.8 Å². The van der Waals surface area contributed by atoms with E-state index in [0.29, 0.717) is 22.9 Å². The summed E-state index contributed by atoms with van der Waals surface area (Å²) in [5, 5.41) is 10.9. The first kappa shape index (κ1) is 20.9. The second kappa shape index (κ2) is 9.10. The Kier molecular flexibility index (Phi) is 6.55. The lowest BCUT2D eigenvalue weighted by molar-refractivity contribution is -0.118. The third-order valence-corrected chi connectivity index (χ3v) is 6.42. The van der Waals surface area contributed by atoms with E-state index in [2.05, 4.69) is 15.5 Å². The fourth-order valence-corrected chi connectivity index (χ4v) is 4.21. The van der Waals surface area contributed by atoms with Crippen LogP contribution in [0.5, 0.6) is 11.5 Å². The van der Waals surface area contributed by atoms with Gasteiger partial charge in [0.05, 0.1) is 18.6 Å². The molecule has 1 aliphatic rings. The highest BCUT2D eigenvalue weighted by atomic mass is 32.2. The van der Waals surface area contributed by atoms with Crippen molar-refractivity contribution in [2.45, 2.75) is 23.5 Å². The molecule has 1 amide bonds. The van der Waals surface area contributed by atoms with Gasteiger partial charge in [0.2, 0.25) is 5.91 Å². The highest BCUT2D eigenvalue weighted by Gasteiger charge is 2.28. The average Bonchev–Trinajstić information content (AvgIpc) is 3.07. The molecule has 0 spiro atoms. The highest BCUT2D eigenvalue weighted by Crippen LogP contribution is 2.23. The number of nitrogens with zero attached hydrogens (tertiary/aromatic N) is 2. The molecule has 0 bridgehead atoms. The smallest absolute Gasteiger partial charge is 0.339 e. The zero-order valence-corrected chi connectivity index (χ0v) is 17.4. The maximum absolute atomic E-state index is 12.4. The van der Waals surface area contributed by atoms with Crippen molar-refractivity contribution in [3.63, 3.8) is 0 Å². The Morgan fingerprint density at radius 3 is 2.59 bits per heavy atom. The van der Waals surface area contributed by atoms with Gasteiger partial charge in [-0.2, -0.15) is 13.5 Å². The van der Waals surface area contributed by atoms with Gasteiger partial charge in [-0.25, -0.2) is 0 Å². The number of methoxy groups -OCH3 is 1. The standard InChI is InChI=1S/C19H19N3O5S2/c1-3-17-18(23)21-19(28-17)22-20-12-13-5-4-6-15(11-13)27-29(24,25)16-9-7-14(26-2)8-10-16/h4-12,17H,3H2,1-2H3,(H,21,22,23)/b20-12+. The SMILES string of the molecule is CCC1S/C(=N\N=C\c2cccc(OS(=O)(=O)c3ccc(OC)cc3)c2)NC1=O. The zero-order valence-electron chi connectivity index (χ0n) is 15.7. The van der Waals surface area contributed by atoms with Gasteiger partial charge >= 0.3 is 10.1 Å². The molecule has 1 fully saturated rings. The molecule has 0 aromatic heterocycles. The van der Waals surface area contributed by atoms with E-state index in [-0.39, 0.29) is 21.8 Å². The quantitative estimate of drug-likeness (QED) is 0.409. The van der Waals surface area contributed by atoms with Crippen molar-refractivity contribution in [1.29, 1.82) is 0 Å². The number of ether oxygens (including phenoxy) is 1. The summed E-state index contributed by atoms with van der Waals surface area (Å²) < 4.78 is 35.1. The molecule has 0 radical (unpaired) electrons. The Labute approximate surface area is 173 Å². The minimum Gasteiger partial charge on any atom is -0.497 e. The maximum Gasteiger partial charge on any atom is 0.339 e. The van der Waals surface area contributed by atoms with Crippen LogP contribution in [0.2, 0.25) is 0 Å². The summed E-state index contributed by atoms with van der Waals surface area (Å²) in [6, 6.07) is 12.3. The first-order valence-corrected chi connectivity index (χ1v) is 11.0. The van der Waals surface area contributed by atoms with Crippen molar-refractivity contribution in [1.82, 2.24) is 5.32 Å². The third kappa shape index (κ3) is 5.36. The van der Waals surface area contributed by atoms with Crippen LogP contribution in [0.25, 0.3) is 0 Å². The van der Waals surface area contributed by atoms with Crippen LogP contribution in [0.1, 0.15) is 18.9 Å². The number of hydrogen-bond donors (Lipinski definition) is 1. The van der Waals surface area contributed by atoms with Crippen LogP contribution in [0.3, 0.4) is 0 Å². The molecule has 3 rings (SSSR count). The lowest BCUT2D eigenvalue weighted by Crippen LogP contribution is -2.24. The van der Waals surface area contributed by atoms with Gasteiger partial charge in [-0.3, -0.25) is 4.79 Å². The number of benzene rings is 2. The Morgan fingerprint density at radius 1 is 1.17 bits per heavy atom. The van der Waals surface area contributed by atoms with Gasteiger partial charge in [-0.05, 0) is 48.4 Å². The summed E-state index contributed by atoms with van der Waals surface area (Å²) in [6.45, 7) is 1.93. The van der Waals surface area contributed by atoms with Crippen LogP contribution in [0, 0.1) is 0 Å². The van der Waals surface area contributed by atoms with Gasteiger partial charge in [0.1, 0.15) is 16.4 Å². The average molecular weight is 434 g/mol. The summed E-state index contributed by atoms with van der Waals surface area (Å²) in [4.78, 5) is 11.7. The van der Waals surface area contributed by atoms with Crippen molar-refractivity contribution < 1.29 is 22.1 Å².